The van der Waals surface area contributed by atoms with Gasteiger partial charge in [0.2, 0.25) is 0 Å². The molecule has 6 nitrogen and oxygen atoms in total. The normalized spacial score (nSPS) is 11.3. The third kappa shape index (κ3) is 5.41. The largest absolute Gasteiger partial charge is 0.452 e. The van der Waals surface area contributed by atoms with Gasteiger partial charge in [-0.05, 0) is 52.6 Å². The van der Waals surface area contributed by atoms with Crippen molar-refractivity contribution in [3.63, 3.8) is 0 Å². The predicted octanol–water partition coefficient (Wildman–Crippen LogP) is 10.6. The van der Waals surface area contributed by atoms with Gasteiger partial charge in [-0.15, -0.1) is 0 Å². The lowest BCUT2D eigenvalue weighted by Crippen LogP contribution is -2.00. The van der Waals surface area contributed by atoms with Crippen molar-refractivity contribution in [2.75, 3.05) is 0 Å². The van der Waals surface area contributed by atoms with Gasteiger partial charge in [-0.3, -0.25) is 0 Å². The molecule has 0 bridgehead atoms. The van der Waals surface area contributed by atoms with Crippen molar-refractivity contribution in [3.8, 4) is 67.7 Å². The van der Waals surface area contributed by atoms with Gasteiger partial charge in [-0.1, -0.05) is 127 Å². The lowest BCUT2D eigenvalue weighted by molar-refractivity contribution is 0.667. The summed E-state index contributed by atoms with van der Waals surface area (Å²) in [4.78, 5) is 24.1. The van der Waals surface area contributed by atoms with Crippen LogP contribution in [0.1, 0.15) is 0 Å². The monoisotopic (exact) mass is 629 g/mol. The van der Waals surface area contributed by atoms with Gasteiger partial charge in [0.05, 0.1) is 0 Å². The van der Waals surface area contributed by atoms with Crippen LogP contribution in [-0.4, -0.2) is 24.9 Å². The lowest BCUT2D eigenvalue weighted by atomic mass is 9.95. The van der Waals surface area contributed by atoms with E-state index >= 15 is 0 Å². The van der Waals surface area contributed by atoms with Crippen molar-refractivity contribution >= 4 is 22.1 Å². The maximum absolute atomic E-state index is 6.22. The molecule has 0 amide bonds. The zero-order valence-corrected chi connectivity index (χ0v) is 26.2. The van der Waals surface area contributed by atoms with Crippen LogP contribution >= 0.6 is 0 Å². The van der Waals surface area contributed by atoms with Gasteiger partial charge in [0, 0.05) is 27.6 Å². The van der Waals surface area contributed by atoms with Crippen molar-refractivity contribution < 1.29 is 4.42 Å². The molecule has 6 heteroatoms. The highest BCUT2D eigenvalue weighted by Gasteiger charge is 2.17. The minimum absolute atomic E-state index is 0.608. The van der Waals surface area contributed by atoms with Crippen LogP contribution in [0, 0.1) is 0 Å². The molecule has 9 aromatic rings. The number of hydrogen-bond acceptors (Lipinski definition) is 6. The molecule has 0 aliphatic carbocycles. The van der Waals surface area contributed by atoms with Crippen LogP contribution < -0.4 is 0 Å². The Morgan fingerprint density at radius 1 is 0.367 bits per heavy atom. The SMILES string of the molecule is c1ccc(-c2cc(-c3ccc(-c4ncnc5c4oc4ccccc45)cc3)cc(-c3nc(-c4ccccc4)nc(-c4ccccc4)n3)c2)cc1. The molecule has 0 saturated heterocycles. The molecule has 0 fully saturated rings. The first kappa shape index (κ1) is 28.4. The molecule has 9 rings (SSSR count). The number of furan rings is 1. The van der Waals surface area contributed by atoms with Gasteiger partial charge in [0.1, 0.15) is 23.1 Å². The van der Waals surface area contributed by atoms with E-state index in [0.29, 0.717) is 23.1 Å². The summed E-state index contributed by atoms with van der Waals surface area (Å²) in [5, 5.41) is 0.979. The number of aromatic nitrogens is 5. The minimum atomic E-state index is 0.608. The summed E-state index contributed by atoms with van der Waals surface area (Å²) in [6.07, 6.45) is 1.60. The highest BCUT2D eigenvalue weighted by Crippen LogP contribution is 2.36. The van der Waals surface area contributed by atoms with Crippen molar-refractivity contribution in [2.45, 2.75) is 0 Å². The summed E-state index contributed by atoms with van der Waals surface area (Å²) in [6, 6.07) is 53.4. The number of rotatable bonds is 6. The second kappa shape index (κ2) is 12.1. The molecule has 0 atom stereocenters. The third-order valence-corrected chi connectivity index (χ3v) is 8.65. The first-order chi connectivity index (χ1) is 24.3. The highest BCUT2D eigenvalue weighted by atomic mass is 16.3. The van der Waals surface area contributed by atoms with Crippen LogP contribution in [0.15, 0.2) is 168 Å². The summed E-state index contributed by atoms with van der Waals surface area (Å²) < 4.78 is 6.22. The van der Waals surface area contributed by atoms with E-state index < -0.39 is 0 Å². The smallest absolute Gasteiger partial charge is 0.180 e. The molecule has 0 saturated carbocycles. The Kier molecular flexibility index (Phi) is 7.02. The molecular weight excluding hydrogens is 603 g/mol. The molecule has 0 aliphatic rings. The summed E-state index contributed by atoms with van der Waals surface area (Å²) in [6.45, 7) is 0. The third-order valence-electron chi connectivity index (χ3n) is 8.65. The second-order valence-corrected chi connectivity index (χ2v) is 11.8. The van der Waals surface area contributed by atoms with E-state index in [1.165, 1.54) is 0 Å². The highest BCUT2D eigenvalue weighted by molar-refractivity contribution is 6.06. The zero-order valence-electron chi connectivity index (χ0n) is 26.2. The number of hydrogen-bond donors (Lipinski definition) is 0. The van der Waals surface area contributed by atoms with Crippen LogP contribution in [-0.2, 0) is 0 Å². The molecule has 0 radical (unpaired) electrons. The average Bonchev–Trinajstić information content (AvgIpc) is 3.58. The molecule has 0 aliphatic heterocycles. The van der Waals surface area contributed by atoms with E-state index in [2.05, 4.69) is 76.7 Å². The van der Waals surface area contributed by atoms with Gasteiger partial charge in [-0.2, -0.15) is 0 Å². The van der Waals surface area contributed by atoms with Gasteiger partial charge in [-0.25, -0.2) is 24.9 Å². The molecule has 0 unspecified atom stereocenters. The molecule has 230 valence electrons. The zero-order chi connectivity index (χ0) is 32.6. The predicted molar refractivity (Wildman–Crippen MR) is 195 cm³/mol. The quantitative estimate of drug-likeness (QED) is 0.182. The molecule has 3 aromatic heterocycles. The molecule has 49 heavy (non-hydrogen) atoms. The Labute approximate surface area is 282 Å². The summed E-state index contributed by atoms with van der Waals surface area (Å²) in [5.74, 6) is 1.86. The average molecular weight is 630 g/mol. The van der Waals surface area contributed by atoms with Crippen LogP contribution in [0.3, 0.4) is 0 Å². The molecular formula is C43H27N5O. The Morgan fingerprint density at radius 2 is 0.837 bits per heavy atom. The van der Waals surface area contributed by atoms with Gasteiger partial charge in [0.15, 0.2) is 23.1 Å². The Bertz CT molecular complexity index is 2530. The fourth-order valence-electron chi connectivity index (χ4n) is 6.21. The molecule has 6 aromatic carbocycles. The van der Waals surface area contributed by atoms with E-state index in [9.17, 15) is 0 Å². The number of nitrogens with zero attached hydrogens (tertiary/aromatic N) is 5. The second-order valence-electron chi connectivity index (χ2n) is 11.8. The topological polar surface area (TPSA) is 77.6 Å². The maximum atomic E-state index is 6.22. The van der Waals surface area contributed by atoms with E-state index in [4.69, 9.17) is 19.4 Å². The van der Waals surface area contributed by atoms with Gasteiger partial charge in [0.25, 0.3) is 0 Å². The fraction of sp³-hybridized carbons (Fsp3) is 0. The van der Waals surface area contributed by atoms with Crippen molar-refractivity contribution in [1.82, 2.24) is 24.9 Å². The Hall–Kier alpha value is -6.79. The minimum Gasteiger partial charge on any atom is -0.452 e. The summed E-state index contributed by atoms with van der Waals surface area (Å²) in [5.41, 5.74) is 11.0. The van der Waals surface area contributed by atoms with E-state index in [1.807, 2.05) is 91.0 Å². The van der Waals surface area contributed by atoms with Crippen molar-refractivity contribution in [1.29, 1.82) is 0 Å². The Balaban J connectivity index is 1.18. The summed E-state index contributed by atoms with van der Waals surface area (Å²) >= 11 is 0. The van der Waals surface area contributed by atoms with E-state index in [0.717, 1.165) is 66.7 Å². The summed E-state index contributed by atoms with van der Waals surface area (Å²) in [7, 11) is 0. The molecule has 0 N–H and O–H groups in total. The first-order valence-corrected chi connectivity index (χ1v) is 16.1. The van der Waals surface area contributed by atoms with E-state index in [-0.39, 0.29) is 0 Å². The van der Waals surface area contributed by atoms with E-state index in [1.54, 1.807) is 6.33 Å². The van der Waals surface area contributed by atoms with Crippen LogP contribution in [0.4, 0.5) is 0 Å². The molecule has 3 heterocycles. The number of benzene rings is 6. The van der Waals surface area contributed by atoms with Crippen LogP contribution in [0.5, 0.6) is 0 Å². The van der Waals surface area contributed by atoms with Crippen LogP contribution in [0.25, 0.3) is 89.7 Å². The standard InChI is InChI=1S/C43H27N5O/c1-4-12-28(13-5-1)33-24-34(29-20-22-30(23-21-29)38-40-39(45-27-44-38)36-18-10-11-19-37(36)49-40)26-35(25-33)43-47-41(31-14-6-2-7-15-31)46-42(48-43)32-16-8-3-9-17-32/h1-27H. The van der Waals surface area contributed by atoms with Gasteiger partial charge < -0.3 is 4.42 Å². The lowest BCUT2D eigenvalue weighted by Gasteiger charge is -2.13. The number of fused-ring (bicyclic) bond motifs is 3. The van der Waals surface area contributed by atoms with Crippen molar-refractivity contribution in [2.24, 2.45) is 0 Å². The molecule has 0 spiro atoms. The number of para-hydroxylation sites is 1. The fourth-order valence-corrected chi connectivity index (χ4v) is 6.21. The first-order valence-electron chi connectivity index (χ1n) is 16.1. The Morgan fingerprint density at radius 3 is 1.45 bits per heavy atom. The van der Waals surface area contributed by atoms with Crippen molar-refractivity contribution in [3.05, 3.63) is 164 Å². The van der Waals surface area contributed by atoms with Gasteiger partial charge >= 0.3 is 0 Å². The van der Waals surface area contributed by atoms with Crippen LogP contribution in [0.2, 0.25) is 0 Å². The maximum Gasteiger partial charge on any atom is 0.180 e.